The highest BCUT2D eigenvalue weighted by molar-refractivity contribution is 7.99. The fraction of sp³-hybridized carbons (Fsp3) is 0.462. The molecule has 0 spiro atoms. The molecule has 0 amide bonds. The monoisotopic (exact) mass is 368 g/mol. The second kappa shape index (κ2) is 7.81. The minimum Gasteiger partial charge on any atom is -0.474 e. The van der Waals surface area contributed by atoms with Crippen molar-refractivity contribution >= 4 is 58.3 Å². The molecule has 1 saturated heterocycles. The minimum absolute atomic E-state index is 0.0726. The van der Waals surface area contributed by atoms with Gasteiger partial charge in [-0.2, -0.15) is 11.8 Å². The van der Waals surface area contributed by atoms with Crippen molar-refractivity contribution in [2.45, 2.75) is 26.4 Å². The van der Waals surface area contributed by atoms with E-state index >= 15 is 0 Å². The Morgan fingerprint density at radius 2 is 2.19 bits per heavy atom. The lowest BCUT2D eigenvalue weighted by Gasteiger charge is -2.12. The van der Waals surface area contributed by atoms with Gasteiger partial charge in [-0.3, -0.25) is 0 Å². The van der Waals surface area contributed by atoms with Crippen molar-refractivity contribution in [1.29, 1.82) is 0 Å². The maximum atomic E-state index is 13.1. The van der Waals surface area contributed by atoms with Gasteiger partial charge in [-0.05, 0) is 18.2 Å². The highest BCUT2D eigenvalue weighted by Gasteiger charge is 2.21. The van der Waals surface area contributed by atoms with E-state index < -0.39 is 0 Å². The van der Waals surface area contributed by atoms with Crippen molar-refractivity contribution in [3.63, 3.8) is 0 Å². The summed E-state index contributed by atoms with van der Waals surface area (Å²) in [5.41, 5.74) is 1.13. The van der Waals surface area contributed by atoms with Gasteiger partial charge >= 0.3 is 0 Å². The predicted octanol–water partition coefficient (Wildman–Crippen LogP) is 5.63. The van der Waals surface area contributed by atoms with E-state index in [1.54, 1.807) is 12.1 Å². The molecule has 1 aliphatic rings. The summed E-state index contributed by atoms with van der Waals surface area (Å²) in [6, 6.07) is 3.28. The topological polar surface area (TPSA) is 27.1 Å². The lowest BCUT2D eigenvalue weighted by Crippen LogP contribution is -2.15. The van der Waals surface area contributed by atoms with E-state index in [1.165, 1.54) is 3.97 Å². The molecule has 2 aromatic heterocycles. The number of halogens is 3. The molecular formula is C13H15Cl2FN2OS2. The van der Waals surface area contributed by atoms with Gasteiger partial charge in [0.25, 0.3) is 0 Å². The summed E-state index contributed by atoms with van der Waals surface area (Å²) in [6.07, 6.45) is 1.09. The summed E-state index contributed by atoms with van der Waals surface area (Å²) in [5.74, 6) is 2.44. The zero-order chi connectivity index (χ0) is 15.4. The second-order valence-electron chi connectivity index (χ2n) is 4.11. The summed E-state index contributed by atoms with van der Waals surface area (Å²) < 4.78 is 20.3. The van der Waals surface area contributed by atoms with Crippen LogP contribution in [0.5, 0.6) is 5.88 Å². The molecule has 116 valence electrons. The highest BCUT2D eigenvalue weighted by atomic mass is 35.5. The molecular weight excluding hydrogens is 354 g/mol. The maximum Gasteiger partial charge on any atom is 0.208 e. The van der Waals surface area contributed by atoms with Crippen molar-refractivity contribution in [2.24, 2.45) is 0 Å². The Morgan fingerprint density at radius 3 is 2.81 bits per heavy atom. The van der Waals surface area contributed by atoms with E-state index in [9.17, 15) is 3.89 Å². The molecule has 1 unspecified atom stereocenters. The quantitative estimate of drug-likeness (QED) is 0.655. The number of fused-ring (bicyclic) bond motifs is 1. The van der Waals surface area contributed by atoms with E-state index in [0.29, 0.717) is 21.9 Å². The van der Waals surface area contributed by atoms with Crippen molar-refractivity contribution < 1.29 is 8.62 Å². The van der Waals surface area contributed by atoms with Crippen LogP contribution in [0.25, 0.3) is 11.0 Å². The number of ether oxygens (including phenoxy) is 1. The van der Waals surface area contributed by atoms with Crippen molar-refractivity contribution in [3.8, 4) is 5.88 Å². The van der Waals surface area contributed by atoms with Gasteiger partial charge < -0.3 is 4.74 Å². The average Bonchev–Trinajstić information content (AvgIpc) is 3.10. The number of rotatable bonds is 3. The molecule has 1 fully saturated rings. The molecule has 1 atom stereocenters. The molecule has 0 radical (unpaired) electrons. The normalized spacial score (nSPS) is 17.7. The first-order chi connectivity index (χ1) is 10.2. The van der Waals surface area contributed by atoms with Crippen LogP contribution in [0.2, 0.25) is 10.2 Å². The van der Waals surface area contributed by atoms with Crippen LogP contribution >= 0.6 is 47.3 Å². The first kappa shape index (κ1) is 17.1. The van der Waals surface area contributed by atoms with Gasteiger partial charge in [-0.25, -0.2) is 8.96 Å². The van der Waals surface area contributed by atoms with Gasteiger partial charge in [0.2, 0.25) is 5.88 Å². The predicted molar refractivity (Wildman–Crippen MR) is 91.6 cm³/mol. The molecule has 3 nitrogen and oxygen atoms in total. The zero-order valence-electron chi connectivity index (χ0n) is 11.6. The third-order valence-corrected chi connectivity index (χ3v) is 5.18. The van der Waals surface area contributed by atoms with Crippen molar-refractivity contribution in [3.05, 3.63) is 22.3 Å². The summed E-state index contributed by atoms with van der Waals surface area (Å²) in [5, 5.41) is 0.503. The Labute approximate surface area is 142 Å². The zero-order valence-corrected chi connectivity index (χ0v) is 14.8. The van der Waals surface area contributed by atoms with Crippen molar-refractivity contribution in [2.75, 3.05) is 11.5 Å². The van der Waals surface area contributed by atoms with Crippen LogP contribution in [-0.2, 0) is 0 Å². The minimum atomic E-state index is 0.0726. The van der Waals surface area contributed by atoms with E-state index in [1.807, 2.05) is 25.6 Å². The smallest absolute Gasteiger partial charge is 0.208 e. The highest BCUT2D eigenvalue weighted by Crippen LogP contribution is 2.35. The van der Waals surface area contributed by atoms with E-state index in [-0.39, 0.29) is 23.6 Å². The Balaban J connectivity index is 0.000000774. The number of hydrogen-bond acceptors (Lipinski definition) is 4. The number of hydrogen-bond donors (Lipinski definition) is 0. The Morgan fingerprint density at radius 1 is 1.43 bits per heavy atom. The van der Waals surface area contributed by atoms with Gasteiger partial charge in [0, 0.05) is 11.8 Å². The van der Waals surface area contributed by atoms with E-state index in [0.717, 1.165) is 17.9 Å². The molecule has 0 aromatic carbocycles. The van der Waals surface area contributed by atoms with E-state index in [2.05, 4.69) is 4.98 Å². The maximum absolute atomic E-state index is 13.1. The molecule has 8 heteroatoms. The number of aromatic nitrogens is 2. The van der Waals surface area contributed by atoms with Crippen LogP contribution in [0.3, 0.4) is 0 Å². The lowest BCUT2D eigenvalue weighted by atomic mass is 10.3. The van der Waals surface area contributed by atoms with Gasteiger partial charge in [-0.15, -0.1) is 3.89 Å². The molecule has 0 N–H and O–H groups in total. The molecule has 2 aromatic rings. The molecule has 0 bridgehead atoms. The van der Waals surface area contributed by atoms with Crippen molar-refractivity contribution in [1.82, 2.24) is 8.96 Å². The van der Waals surface area contributed by atoms with E-state index in [4.69, 9.17) is 27.9 Å². The third-order valence-electron chi connectivity index (χ3n) is 2.87. The fourth-order valence-corrected chi connectivity index (χ4v) is 3.73. The second-order valence-corrected chi connectivity index (χ2v) is 6.53. The van der Waals surface area contributed by atoms with Crippen LogP contribution in [-0.4, -0.2) is 26.6 Å². The van der Waals surface area contributed by atoms with Crippen LogP contribution < -0.4 is 4.74 Å². The molecule has 0 saturated carbocycles. The number of nitrogens with zero attached hydrogens (tertiary/aromatic N) is 2. The Kier molecular flexibility index (Phi) is 6.34. The first-order valence-electron chi connectivity index (χ1n) is 6.60. The van der Waals surface area contributed by atoms with Gasteiger partial charge in [0.05, 0.1) is 16.1 Å². The molecule has 3 rings (SSSR count). The molecule has 0 aliphatic carbocycles. The lowest BCUT2D eigenvalue weighted by molar-refractivity contribution is 0.220. The number of thioether (sulfide) groups is 1. The van der Waals surface area contributed by atoms with Crippen LogP contribution in [0.4, 0.5) is 3.89 Å². The Hall–Kier alpha value is -0.300. The summed E-state index contributed by atoms with van der Waals surface area (Å²) in [6.45, 7) is 4.00. The Bertz CT molecular complexity index is 618. The standard InChI is InChI=1S/C11H9Cl2FN2OS2.C2H6/c12-7-3-9-8(15-11(7)13)4-10(16(9)19-14)17-6-1-2-18-5-6;1-2/h3-4,6H,1-2,5H2;1-2H3. The summed E-state index contributed by atoms with van der Waals surface area (Å²) in [7, 11) is 0. The van der Waals surface area contributed by atoms with Gasteiger partial charge in [0.1, 0.15) is 11.3 Å². The number of pyridine rings is 1. The molecule has 1 aliphatic heterocycles. The van der Waals surface area contributed by atoms with Gasteiger partial charge in [0.15, 0.2) is 12.3 Å². The molecule has 21 heavy (non-hydrogen) atoms. The third kappa shape index (κ3) is 3.73. The van der Waals surface area contributed by atoms with Gasteiger partial charge in [-0.1, -0.05) is 37.0 Å². The summed E-state index contributed by atoms with van der Waals surface area (Å²) >= 11 is 13.7. The summed E-state index contributed by atoms with van der Waals surface area (Å²) in [4.78, 5) is 4.13. The fourth-order valence-electron chi connectivity index (χ4n) is 1.96. The van der Waals surface area contributed by atoms with Crippen LogP contribution in [0.15, 0.2) is 12.1 Å². The van der Waals surface area contributed by atoms with Crippen LogP contribution in [0.1, 0.15) is 20.3 Å². The molecule has 3 heterocycles. The van der Waals surface area contributed by atoms with Crippen LogP contribution in [0, 0.1) is 0 Å². The largest absolute Gasteiger partial charge is 0.474 e. The average molecular weight is 369 g/mol. The first-order valence-corrected chi connectivity index (χ1v) is 9.18. The SMILES string of the molecule is CC.FSn1c(OC2CCSC2)cc2nc(Cl)c(Cl)cc21.